The predicted octanol–water partition coefficient (Wildman–Crippen LogP) is 6.27. The molecule has 2 nitrogen and oxygen atoms in total. The van der Waals surface area contributed by atoms with Crippen molar-refractivity contribution in [3.05, 3.63) is 119 Å². The van der Waals surface area contributed by atoms with E-state index in [1.807, 2.05) is 6.07 Å². The summed E-state index contributed by atoms with van der Waals surface area (Å²) in [7, 11) is 0. The van der Waals surface area contributed by atoms with Gasteiger partial charge in [0.15, 0.2) is 5.78 Å². The van der Waals surface area contributed by atoms with Crippen LogP contribution in [0.4, 0.5) is 0 Å². The zero-order valence-corrected chi connectivity index (χ0v) is 17.2. The number of rotatable bonds is 6. The van der Waals surface area contributed by atoms with Gasteiger partial charge in [-0.3, -0.25) is 9.69 Å². The van der Waals surface area contributed by atoms with Crippen LogP contribution in [-0.2, 0) is 4.79 Å². The number of hydrogen-bond donors (Lipinski definition) is 0. The molecule has 0 aromatic heterocycles. The van der Waals surface area contributed by atoms with Gasteiger partial charge in [0.2, 0.25) is 0 Å². The molecule has 1 fully saturated rings. The maximum absolute atomic E-state index is 13.6. The predicted molar refractivity (Wildman–Crippen MR) is 121 cm³/mol. The largest absolute Gasteiger partial charge is 0.293 e. The first kappa shape index (κ1) is 19.0. The summed E-state index contributed by atoms with van der Waals surface area (Å²) in [5, 5.41) is 0. The van der Waals surface area contributed by atoms with Crippen molar-refractivity contribution >= 4 is 5.78 Å². The van der Waals surface area contributed by atoms with Gasteiger partial charge in [0.05, 0.1) is 18.1 Å². The quantitative estimate of drug-likeness (QED) is 0.460. The van der Waals surface area contributed by atoms with Crippen molar-refractivity contribution in [2.75, 3.05) is 0 Å². The van der Waals surface area contributed by atoms with Crippen LogP contribution in [0.3, 0.4) is 0 Å². The second kappa shape index (κ2) is 8.41. The summed E-state index contributed by atoms with van der Waals surface area (Å²) in [4.78, 5) is 16.0. The van der Waals surface area contributed by atoms with Crippen LogP contribution in [0.25, 0.3) is 0 Å². The third-order valence-corrected chi connectivity index (χ3v) is 6.40. The number of benzene rings is 3. The van der Waals surface area contributed by atoms with Crippen molar-refractivity contribution in [1.29, 1.82) is 0 Å². The Morgan fingerprint density at radius 2 is 1.33 bits per heavy atom. The highest BCUT2D eigenvalue weighted by molar-refractivity contribution is 6.02. The number of ketones is 1. The number of Topliss-reactive ketones (excluding diaryl/α,β-unsaturated/α-hetero) is 1. The third-order valence-electron chi connectivity index (χ3n) is 6.40. The van der Waals surface area contributed by atoms with Gasteiger partial charge in [-0.2, -0.15) is 0 Å². The Kier molecular flexibility index (Phi) is 5.33. The molecule has 2 aliphatic rings. The van der Waals surface area contributed by atoms with Crippen LogP contribution in [0.2, 0.25) is 0 Å². The summed E-state index contributed by atoms with van der Waals surface area (Å²) in [6.45, 7) is 0. The molecule has 3 aromatic rings. The van der Waals surface area contributed by atoms with Crippen LogP contribution >= 0.6 is 0 Å². The molecular weight excluding hydrogens is 366 g/mol. The minimum absolute atomic E-state index is 0.0655. The fourth-order valence-corrected chi connectivity index (χ4v) is 4.91. The molecular formula is C28H27NO. The molecule has 0 N–H and O–H groups in total. The Bertz CT molecular complexity index is 987. The second-order valence-corrected chi connectivity index (χ2v) is 8.31. The average Bonchev–Trinajstić information content (AvgIpc) is 3.56. The molecule has 3 aromatic carbocycles. The van der Waals surface area contributed by atoms with E-state index in [4.69, 9.17) is 0 Å². The van der Waals surface area contributed by atoms with Gasteiger partial charge in [0.1, 0.15) is 0 Å². The molecule has 0 amide bonds. The van der Waals surface area contributed by atoms with Crippen LogP contribution in [0.1, 0.15) is 54.5 Å². The van der Waals surface area contributed by atoms with E-state index in [2.05, 4.69) is 95.9 Å². The topological polar surface area (TPSA) is 20.1 Å². The lowest BCUT2D eigenvalue weighted by molar-refractivity contribution is -0.116. The third kappa shape index (κ3) is 3.64. The summed E-state index contributed by atoms with van der Waals surface area (Å²) in [5.41, 5.74) is 4.73. The zero-order valence-electron chi connectivity index (χ0n) is 17.2. The molecule has 0 bridgehead atoms. The highest BCUT2D eigenvalue weighted by atomic mass is 16.1. The molecule has 150 valence electrons. The summed E-state index contributed by atoms with van der Waals surface area (Å²) >= 11 is 0. The van der Waals surface area contributed by atoms with Crippen molar-refractivity contribution < 1.29 is 4.79 Å². The van der Waals surface area contributed by atoms with Crippen molar-refractivity contribution in [3.8, 4) is 0 Å². The van der Waals surface area contributed by atoms with Gasteiger partial charge in [0, 0.05) is 0 Å². The van der Waals surface area contributed by atoms with Crippen molar-refractivity contribution in [3.63, 3.8) is 0 Å². The number of carbonyl (C=O) groups is 1. The van der Waals surface area contributed by atoms with E-state index in [0.717, 1.165) is 24.8 Å². The first-order chi connectivity index (χ1) is 14.8. The van der Waals surface area contributed by atoms with Gasteiger partial charge in [-0.25, -0.2) is 0 Å². The van der Waals surface area contributed by atoms with Crippen LogP contribution in [0.15, 0.2) is 103 Å². The fraction of sp³-hybridized carbons (Fsp3) is 0.250. The van der Waals surface area contributed by atoms with Crippen LogP contribution < -0.4 is 0 Å². The molecule has 1 aliphatic heterocycles. The molecule has 3 atom stereocenters. The standard InChI is InChI=1S/C28H27NO/c30-28(24-19-11-4-12-20-24)27-26(23-17-9-3-10-18-23)29(27)25(21-13-5-1-6-14-21)22-15-7-2-8-16-22/h1-3,5-10,13-19,25-27H,4,11-12,20H2/t26-,27-,29?/m1/s1. The van der Waals surface area contributed by atoms with Gasteiger partial charge in [-0.05, 0) is 47.9 Å². The Balaban J connectivity index is 1.57. The van der Waals surface area contributed by atoms with Gasteiger partial charge >= 0.3 is 0 Å². The van der Waals surface area contributed by atoms with Crippen LogP contribution in [0, 0.1) is 0 Å². The molecule has 2 heteroatoms. The smallest absolute Gasteiger partial charge is 0.177 e. The lowest BCUT2D eigenvalue weighted by Gasteiger charge is -2.21. The minimum Gasteiger partial charge on any atom is -0.293 e. The van der Waals surface area contributed by atoms with Crippen molar-refractivity contribution in [1.82, 2.24) is 4.90 Å². The van der Waals surface area contributed by atoms with Gasteiger partial charge in [-0.15, -0.1) is 0 Å². The van der Waals surface area contributed by atoms with Crippen molar-refractivity contribution in [2.45, 2.75) is 43.8 Å². The van der Waals surface area contributed by atoms with E-state index >= 15 is 0 Å². The molecule has 1 saturated heterocycles. The Morgan fingerprint density at radius 3 is 1.87 bits per heavy atom. The van der Waals surface area contributed by atoms with E-state index in [-0.39, 0.29) is 18.1 Å². The second-order valence-electron chi connectivity index (χ2n) is 8.31. The van der Waals surface area contributed by atoms with Gasteiger partial charge in [0.25, 0.3) is 0 Å². The summed E-state index contributed by atoms with van der Waals surface area (Å²) in [6.07, 6.45) is 6.46. The lowest BCUT2D eigenvalue weighted by Crippen LogP contribution is -2.20. The zero-order chi connectivity index (χ0) is 20.3. The van der Waals surface area contributed by atoms with E-state index in [9.17, 15) is 4.79 Å². The first-order valence-electron chi connectivity index (χ1n) is 11.0. The maximum atomic E-state index is 13.6. The molecule has 1 aliphatic carbocycles. The minimum atomic E-state index is -0.0952. The number of hydrogen-bond acceptors (Lipinski definition) is 2. The van der Waals surface area contributed by atoms with E-state index in [1.165, 1.54) is 23.1 Å². The maximum Gasteiger partial charge on any atom is 0.177 e. The summed E-state index contributed by atoms with van der Waals surface area (Å²) < 4.78 is 0. The lowest BCUT2D eigenvalue weighted by atomic mass is 9.93. The number of nitrogens with zero attached hydrogens (tertiary/aromatic N) is 1. The highest BCUT2D eigenvalue weighted by Crippen LogP contribution is 2.53. The first-order valence-corrected chi connectivity index (χ1v) is 11.0. The molecule has 0 saturated carbocycles. The van der Waals surface area contributed by atoms with E-state index < -0.39 is 0 Å². The molecule has 30 heavy (non-hydrogen) atoms. The summed E-state index contributed by atoms with van der Waals surface area (Å²) in [6, 6.07) is 31.8. The van der Waals surface area contributed by atoms with Gasteiger partial charge < -0.3 is 0 Å². The molecule has 1 unspecified atom stereocenters. The Hall–Kier alpha value is -2.97. The molecule has 0 spiro atoms. The molecule has 0 radical (unpaired) electrons. The Labute approximate surface area is 178 Å². The molecule has 5 rings (SSSR count). The van der Waals surface area contributed by atoms with Crippen LogP contribution in [0.5, 0.6) is 0 Å². The number of allylic oxidation sites excluding steroid dienone is 1. The fourth-order valence-electron chi connectivity index (χ4n) is 4.91. The highest BCUT2D eigenvalue weighted by Gasteiger charge is 2.57. The average molecular weight is 394 g/mol. The SMILES string of the molecule is O=C(C1=CCCCC1)[C@H]1[C@@H](c2ccccc2)N1C(c1ccccc1)c1ccccc1. The monoisotopic (exact) mass is 393 g/mol. The number of carbonyl (C=O) groups excluding carboxylic acids is 1. The van der Waals surface area contributed by atoms with Crippen LogP contribution in [-0.4, -0.2) is 16.7 Å². The van der Waals surface area contributed by atoms with E-state index in [1.54, 1.807) is 0 Å². The van der Waals surface area contributed by atoms with Crippen molar-refractivity contribution in [2.24, 2.45) is 0 Å². The Morgan fingerprint density at radius 1 is 0.767 bits per heavy atom. The van der Waals surface area contributed by atoms with Gasteiger partial charge in [-0.1, -0.05) is 97.1 Å². The van der Waals surface area contributed by atoms with E-state index in [0.29, 0.717) is 5.78 Å². The molecule has 1 heterocycles. The normalized spacial score (nSPS) is 23.1. The summed E-state index contributed by atoms with van der Waals surface area (Å²) in [5.74, 6) is 0.320.